The fraction of sp³-hybridized carbons (Fsp3) is 0.750. The second-order valence-corrected chi connectivity index (χ2v) is 6.70. The molecule has 1 aromatic rings. The monoisotopic (exact) mass is 354 g/mol. The summed E-state index contributed by atoms with van der Waals surface area (Å²) in [6.45, 7) is 10.7. The van der Waals surface area contributed by atoms with Gasteiger partial charge in [-0.15, -0.1) is 0 Å². The zero-order chi connectivity index (χ0) is 19.0. The minimum Gasteiger partial charge on any atom is -0.371 e. The Morgan fingerprint density at radius 3 is 2.68 bits per heavy atom. The quantitative estimate of drug-likeness (QED) is 0.558. The first-order chi connectivity index (χ1) is 11.7. The van der Waals surface area contributed by atoms with Crippen molar-refractivity contribution in [3.63, 3.8) is 0 Å². The van der Waals surface area contributed by atoms with Crippen LogP contribution in [0, 0.1) is 0 Å². The van der Waals surface area contributed by atoms with Gasteiger partial charge in [-0.3, -0.25) is 9.79 Å². The topological polar surface area (TPSA) is 105 Å². The zero-order valence-electron chi connectivity index (χ0n) is 16.2. The second-order valence-electron chi connectivity index (χ2n) is 6.70. The van der Waals surface area contributed by atoms with Crippen molar-refractivity contribution in [2.75, 3.05) is 27.2 Å². The van der Waals surface area contributed by atoms with Crippen LogP contribution in [0.15, 0.2) is 9.52 Å². The highest BCUT2D eigenvalue weighted by molar-refractivity contribution is 5.86. The Labute approximate surface area is 149 Å². The summed E-state index contributed by atoms with van der Waals surface area (Å²) in [6.07, 6.45) is -0.217. The van der Waals surface area contributed by atoms with Crippen molar-refractivity contribution >= 4 is 11.9 Å². The molecule has 0 fully saturated rings. The molecule has 0 aliphatic carbocycles. The predicted molar refractivity (Wildman–Crippen MR) is 95.1 cm³/mol. The molecule has 0 saturated heterocycles. The third-order valence-corrected chi connectivity index (χ3v) is 3.13. The highest BCUT2D eigenvalue weighted by atomic mass is 16.5. The molecule has 25 heavy (non-hydrogen) atoms. The molecule has 1 unspecified atom stereocenters. The Hall–Kier alpha value is -2.16. The molecule has 9 nitrogen and oxygen atoms in total. The molecule has 9 heteroatoms. The fourth-order valence-electron chi connectivity index (χ4n) is 2.12. The Bertz CT molecular complexity index is 579. The number of carbonyl (C=O) groups is 1. The molecule has 0 aliphatic rings. The van der Waals surface area contributed by atoms with Gasteiger partial charge in [-0.25, -0.2) is 0 Å². The number of guanidine groups is 1. The van der Waals surface area contributed by atoms with Crippen LogP contribution in [-0.4, -0.2) is 59.7 Å². The van der Waals surface area contributed by atoms with Gasteiger partial charge in [0.05, 0.1) is 13.1 Å². The van der Waals surface area contributed by atoms with Crippen LogP contribution in [0.4, 0.5) is 0 Å². The van der Waals surface area contributed by atoms with Crippen molar-refractivity contribution in [2.24, 2.45) is 4.99 Å². The Balaban J connectivity index is 2.55. The molecule has 0 aliphatic heterocycles. The summed E-state index contributed by atoms with van der Waals surface area (Å²) in [5.41, 5.74) is -0.272. The average molecular weight is 354 g/mol. The number of nitrogens with one attached hydrogen (secondary N) is 2. The van der Waals surface area contributed by atoms with E-state index < -0.39 is 0 Å². The van der Waals surface area contributed by atoms with Gasteiger partial charge in [-0.1, -0.05) is 5.16 Å². The van der Waals surface area contributed by atoms with Crippen LogP contribution in [0.25, 0.3) is 0 Å². The molecule has 1 aromatic heterocycles. The third kappa shape index (κ3) is 7.51. The van der Waals surface area contributed by atoms with E-state index >= 15 is 0 Å². The lowest BCUT2D eigenvalue weighted by molar-refractivity contribution is -0.122. The number of aromatic nitrogens is 2. The molecule has 2 N–H and O–H groups in total. The van der Waals surface area contributed by atoms with E-state index in [0.717, 1.165) is 0 Å². The lowest BCUT2D eigenvalue weighted by atomic mass is 10.1. The summed E-state index contributed by atoms with van der Waals surface area (Å²) in [5, 5.41) is 9.91. The summed E-state index contributed by atoms with van der Waals surface area (Å²) in [5.74, 6) is 1.41. The number of rotatable bonds is 7. The largest absolute Gasteiger partial charge is 0.371 e. The van der Waals surface area contributed by atoms with E-state index in [1.165, 1.54) is 0 Å². The van der Waals surface area contributed by atoms with Crippen LogP contribution in [-0.2, 0) is 16.1 Å². The summed E-state index contributed by atoms with van der Waals surface area (Å²) in [6, 6.07) is 0. The molecule has 1 atom stereocenters. The summed E-state index contributed by atoms with van der Waals surface area (Å²) in [7, 11) is 3.44. The molecule has 0 spiro atoms. The second kappa shape index (κ2) is 9.36. The first kappa shape index (κ1) is 20.9. The van der Waals surface area contributed by atoms with Crippen LogP contribution in [0.2, 0.25) is 0 Å². The number of carbonyl (C=O) groups excluding carboxylic acids is 1. The van der Waals surface area contributed by atoms with Crippen LogP contribution in [0.3, 0.4) is 0 Å². The van der Waals surface area contributed by atoms with E-state index in [0.29, 0.717) is 30.8 Å². The van der Waals surface area contributed by atoms with E-state index in [-0.39, 0.29) is 24.1 Å². The third-order valence-electron chi connectivity index (χ3n) is 3.13. The number of likely N-dealkylation sites (N-methyl/N-ethyl adjacent to an activating group) is 1. The summed E-state index contributed by atoms with van der Waals surface area (Å²) in [4.78, 5) is 22.2. The first-order valence-corrected chi connectivity index (χ1v) is 8.33. The van der Waals surface area contributed by atoms with Gasteiger partial charge < -0.3 is 24.8 Å². The van der Waals surface area contributed by atoms with Gasteiger partial charge in [-0.05, 0) is 34.6 Å². The molecule has 1 rings (SSSR count). The molecule has 1 amide bonds. The van der Waals surface area contributed by atoms with Crippen LogP contribution < -0.4 is 10.6 Å². The molecule has 0 radical (unpaired) electrons. The van der Waals surface area contributed by atoms with Gasteiger partial charge in [-0.2, -0.15) is 4.98 Å². The van der Waals surface area contributed by atoms with Crippen LogP contribution >= 0.6 is 0 Å². The Morgan fingerprint density at radius 2 is 2.12 bits per heavy atom. The highest BCUT2D eigenvalue weighted by Crippen LogP contribution is 2.12. The number of ether oxygens (including phenoxy) is 1. The van der Waals surface area contributed by atoms with Gasteiger partial charge in [0.25, 0.3) is 0 Å². The Morgan fingerprint density at radius 1 is 1.44 bits per heavy atom. The normalized spacial score (nSPS) is 13.5. The van der Waals surface area contributed by atoms with E-state index in [2.05, 4.69) is 25.8 Å². The Kier molecular flexibility index (Phi) is 7.82. The van der Waals surface area contributed by atoms with E-state index in [4.69, 9.17) is 9.26 Å². The number of hydrogen-bond acceptors (Lipinski definition) is 6. The molecular formula is C16H30N6O3. The summed E-state index contributed by atoms with van der Waals surface area (Å²) < 4.78 is 10.6. The molecule has 0 aromatic carbocycles. The minimum absolute atomic E-state index is 0.0800. The van der Waals surface area contributed by atoms with Gasteiger partial charge in [0, 0.05) is 26.2 Å². The lowest BCUT2D eigenvalue weighted by Crippen LogP contribution is -2.48. The molecule has 0 saturated carbocycles. The van der Waals surface area contributed by atoms with E-state index in [1.54, 1.807) is 19.0 Å². The molecule has 142 valence electrons. The van der Waals surface area contributed by atoms with Gasteiger partial charge in [0.15, 0.2) is 11.8 Å². The van der Waals surface area contributed by atoms with E-state index in [1.807, 2.05) is 34.6 Å². The van der Waals surface area contributed by atoms with Crippen LogP contribution in [0.5, 0.6) is 0 Å². The first-order valence-electron chi connectivity index (χ1n) is 8.33. The minimum atomic E-state index is -0.272. The molecule has 0 bridgehead atoms. The highest BCUT2D eigenvalue weighted by Gasteiger charge is 2.18. The zero-order valence-corrected chi connectivity index (χ0v) is 16.2. The predicted octanol–water partition coefficient (Wildman–Crippen LogP) is 1.09. The number of hydrogen-bond donors (Lipinski definition) is 2. The maximum Gasteiger partial charge on any atom is 0.246 e. The van der Waals surface area contributed by atoms with Crippen molar-refractivity contribution in [1.82, 2.24) is 25.7 Å². The fourth-order valence-corrected chi connectivity index (χ4v) is 2.12. The molecular weight excluding hydrogens is 324 g/mol. The standard InChI is InChI=1S/C16H30N6O3/c1-8-24-11(2)14-19-13(25-21-14)9-18-15(17-6)22(7)10-12(23)20-16(3,4)5/h11H,8-10H2,1-7H3,(H,17,18)(H,20,23). The smallest absolute Gasteiger partial charge is 0.246 e. The lowest BCUT2D eigenvalue weighted by Gasteiger charge is -2.25. The van der Waals surface area contributed by atoms with Crippen molar-refractivity contribution < 1.29 is 14.1 Å². The number of amides is 1. The molecule has 1 heterocycles. The number of nitrogens with zero attached hydrogens (tertiary/aromatic N) is 4. The van der Waals surface area contributed by atoms with Crippen LogP contribution in [0.1, 0.15) is 52.4 Å². The maximum absolute atomic E-state index is 12.0. The summed E-state index contributed by atoms with van der Waals surface area (Å²) >= 11 is 0. The van der Waals surface area contributed by atoms with Gasteiger partial charge in [0.1, 0.15) is 6.10 Å². The SMILES string of the molecule is CCOC(C)c1noc(CNC(=NC)N(C)CC(=O)NC(C)(C)C)n1. The van der Waals surface area contributed by atoms with Crippen molar-refractivity contribution in [3.8, 4) is 0 Å². The van der Waals surface area contributed by atoms with Gasteiger partial charge >= 0.3 is 0 Å². The van der Waals surface area contributed by atoms with Gasteiger partial charge in [0.2, 0.25) is 11.8 Å². The van der Waals surface area contributed by atoms with Crippen molar-refractivity contribution in [2.45, 2.75) is 52.8 Å². The van der Waals surface area contributed by atoms with Crippen molar-refractivity contribution in [3.05, 3.63) is 11.7 Å². The van der Waals surface area contributed by atoms with Crippen molar-refractivity contribution in [1.29, 1.82) is 0 Å². The van der Waals surface area contributed by atoms with E-state index in [9.17, 15) is 4.79 Å². The average Bonchev–Trinajstić information content (AvgIpc) is 2.95. The maximum atomic E-state index is 12.0. The number of aliphatic imine (C=N–C) groups is 1.